The average Bonchev–Trinajstić information content (AvgIpc) is 3.69. The Morgan fingerprint density at radius 1 is 0.500 bits per heavy atom. The van der Waals surface area contributed by atoms with Crippen LogP contribution in [0.15, 0.2) is 141 Å². The van der Waals surface area contributed by atoms with E-state index in [2.05, 4.69) is 107 Å². The van der Waals surface area contributed by atoms with Gasteiger partial charge in [0.2, 0.25) is 10.9 Å². The van der Waals surface area contributed by atoms with E-state index in [0.717, 1.165) is 75.7 Å². The number of aromatic nitrogens is 2. The van der Waals surface area contributed by atoms with E-state index in [9.17, 15) is 29.4 Å². The Morgan fingerprint density at radius 2 is 0.947 bits per heavy atom. The van der Waals surface area contributed by atoms with Crippen molar-refractivity contribution in [3.63, 3.8) is 0 Å². The molecule has 16 heteroatoms. The van der Waals surface area contributed by atoms with Gasteiger partial charge >= 0.3 is 0 Å². The second kappa shape index (κ2) is 22.8. The van der Waals surface area contributed by atoms with Crippen LogP contribution in [0, 0.1) is 5.41 Å². The summed E-state index contributed by atoms with van der Waals surface area (Å²) in [5.41, 5.74) is 6.45. The van der Waals surface area contributed by atoms with Gasteiger partial charge in [0.05, 0.1) is 12.1 Å². The summed E-state index contributed by atoms with van der Waals surface area (Å²) in [5.74, 6) is 0.375. The number of carbonyl (C=O) groups excluding carboxylic acids is 2. The number of nitrogens with zero attached hydrogens (tertiary/aromatic N) is 6. The van der Waals surface area contributed by atoms with Crippen molar-refractivity contribution in [2.24, 2.45) is 5.41 Å². The van der Waals surface area contributed by atoms with Gasteiger partial charge in [-0.15, -0.1) is 23.5 Å². The number of benzene rings is 4. The van der Waals surface area contributed by atoms with Gasteiger partial charge in [0.25, 0.3) is 11.8 Å². The van der Waals surface area contributed by atoms with Gasteiger partial charge in [-0.1, -0.05) is 119 Å². The van der Waals surface area contributed by atoms with Gasteiger partial charge in [-0.2, -0.15) is 0 Å². The number of carbonyl (C=O) groups is 2. The van der Waals surface area contributed by atoms with Crippen molar-refractivity contribution in [1.82, 2.24) is 19.2 Å². The quantitative estimate of drug-likeness (QED) is 0.173. The molecule has 2 N–H and O–H groups in total. The van der Waals surface area contributed by atoms with E-state index in [-0.39, 0.29) is 101 Å². The fraction of sp³-hybridized carbons (Fsp3) is 0.400. The molecule has 4 fully saturated rings. The van der Waals surface area contributed by atoms with Crippen molar-refractivity contribution in [2.45, 2.75) is 150 Å². The van der Waals surface area contributed by atoms with Crippen molar-refractivity contribution in [3.05, 3.63) is 187 Å². The predicted molar refractivity (Wildman–Crippen MR) is 293 cm³/mol. The Hall–Kier alpha value is -5.00. The van der Waals surface area contributed by atoms with Crippen LogP contribution < -0.4 is 20.9 Å². The van der Waals surface area contributed by atoms with Crippen LogP contribution in [0.25, 0.3) is 0 Å². The molecule has 396 valence electrons. The minimum Gasteiger partial charge on any atom is -0.502 e. The van der Waals surface area contributed by atoms with Crippen molar-refractivity contribution >= 4 is 35.3 Å². The van der Waals surface area contributed by atoms with Gasteiger partial charge < -0.3 is 20.0 Å². The van der Waals surface area contributed by atoms with Crippen molar-refractivity contribution in [3.8, 4) is 11.5 Å². The molecule has 0 radical (unpaired) electrons. The first-order valence-electron chi connectivity index (χ1n) is 26.9. The minimum absolute atomic E-state index is 0. The van der Waals surface area contributed by atoms with Crippen molar-refractivity contribution < 1.29 is 61.9 Å². The Morgan fingerprint density at radius 3 is 1.43 bits per heavy atom. The number of aromatic hydroxyl groups is 2. The molecule has 2 saturated carbocycles. The molecule has 0 unspecified atom stereocenters. The second-order valence-corrected chi connectivity index (χ2v) is 22.5. The van der Waals surface area contributed by atoms with E-state index in [0.29, 0.717) is 6.54 Å². The van der Waals surface area contributed by atoms with Crippen molar-refractivity contribution in [1.29, 1.82) is 0 Å². The molecule has 2 amide bonds. The fourth-order valence-corrected chi connectivity index (χ4v) is 15.5. The standard InChI is InChI=1S/2C28H27N3O3S.2C2H6.2W/c32-21-12-16-29-25(26(21)33)27(34)30-23(11-5-13-28(30)14-6-15-28)31(29)24-19-8-2-1-7-18(19)17-35-22-10-4-3-9-20(22)24;32-21-11-15-30-25(26(21)33)27(34)29-17-28(12-5-13-28)14-10-23(29)31(30)24-19-7-2-1-6-18(19)16-35-22-9-4-3-8-20(22)24;2*1-2;;/h1-4,7-10,12,16,23-24,33H,5-6,11,13-15,17H2;1-4,6-9,11,15,23-24,33H,5,10,12-14,16-17H2;2*1-2H3;;/t2*23-,24+;;;;/m11..../s1. The summed E-state index contributed by atoms with van der Waals surface area (Å²) in [6.45, 7) is 8.68. The molecule has 2 aliphatic carbocycles. The number of rotatable bonds is 2. The summed E-state index contributed by atoms with van der Waals surface area (Å²) < 4.78 is 3.55. The summed E-state index contributed by atoms with van der Waals surface area (Å²) in [6.07, 6.45) is 14.4. The van der Waals surface area contributed by atoms with E-state index in [1.165, 1.54) is 61.7 Å². The first-order chi connectivity index (χ1) is 36.2. The number of piperidine rings is 2. The van der Waals surface area contributed by atoms with Gasteiger partial charge in [0, 0.05) is 100 Å². The smallest absolute Gasteiger partial charge is 0.278 e. The van der Waals surface area contributed by atoms with Crippen LogP contribution in [-0.4, -0.2) is 65.6 Å². The molecule has 76 heavy (non-hydrogen) atoms. The van der Waals surface area contributed by atoms with Crippen LogP contribution in [0.2, 0.25) is 0 Å². The number of thioether (sulfide) groups is 2. The number of pyridine rings is 2. The van der Waals surface area contributed by atoms with Gasteiger partial charge in [-0.05, 0) is 115 Å². The van der Waals surface area contributed by atoms with Crippen LogP contribution >= 0.6 is 23.5 Å². The Kier molecular flexibility index (Phi) is 16.7. The van der Waals surface area contributed by atoms with Crippen LogP contribution in [0.4, 0.5) is 0 Å². The fourth-order valence-electron chi connectivity index (χ4n) is 13.3. The zero-order valence-corrected chi connectivity index (χ0v) is 51.1. The van der Waals surface area contributed by atoms with Crippen LogP contribution in [0.1, 0.15) is 165 Å². The van der Waals surface area contributed by atoms with E-state index in [1.54, 1.807) is 21.7 Å². The zero-order chi connectivity index (χ0) is 51.5. The number of hydrogen-bond donors (Lipinski definition) is 2. The Labute approximate surface area is 482 Å². The molecule has 6 aliphatic heterocycles. The largest absolute Gasteiger partial charge is 0.502 e. The molecule has 2 aromatic heterocycles. The molecule has 0 bridgehead atoms. The molecular weight excluding hydrogens is 1330 g/mol. The third-order valence-electron chi connectivity index (χ3n) is 16.9. The molecule has 2 saturated heterocycles. The molecule has 6 aromatic rings. The molecule has 2 spiro atoms. The first-order valence-corrected chi connectivity index (χ1v) is 28.8. The number of hydrogen-bond acceptors (Lipinski definition) is 10. The van der Waals surface area contributed by atoms with Gasteiger partial charge in [0.1, 0.15) is 12.3 Å². The maximum atomic E-state index is 14.0. The average molecular weight is 1400 g/mol. The number of amides is 2. The predicted octanol–water partition coefficient (Wildman–Crippen LogP) is 11.5. The van der Waals surface area contributed by atoms with E-state index in [4.69, 9.17) is 0 Å². The second-order valence-electron chi connectivity index (χ2n) is 20.5. The SMILES string of the molecule is CC.CC.O=C1c2c(O)c(=O)ccn2N([C@H]2c3ccccc3CSc3ccccc32)[C@@H]2CCC3(CCC3)CN12.O=C1c2c(O)c(=O)ccn2N([C@H]2c3ccccc3CSc3ccccc32)[C@@H]2CCCC3(CCC3)N12.[W].[W]. The van der Waals surface area contributed by atoms with Gasteiger partial charge in [0.15, 0.2) is 22.9 Å². The maximum Gasteiger partial charge on any atom is 0.278 e. The summed E-state index contributed by atoms with van der Waals surface area (Å²) in [6, 6.07) is 36.5. The molecule has 8 aliphatic rings. The molecule has 14 rings (SSSR count). The zero-order valence-electron chi connectivity index (χ0n) is 43.6. The van der Waals surface area contributed by atoms with Gasteiger partial charge in [-0.25, -0.2) is 0 Å². The Balaban J connectivity index is 0.000000170. The molecule has 8 heterocycles. The molecule has 4 aromatic carbocycles. The van der Waals surface area contributed by atoms with Crippen LogP contribution in [0.3, 0.4) is 0 Å². The maximum absolute atomic E-state index is 14.0. The summed E-state index contributed by atoms with van der Waals surface area (Å²) in [4.78, 5) is 59.2. The van der Waals surface area contributed by atoms with Crippen LogP contribution in [-0.2, 0) is 53.6 Å². The van der Waals surface area contributed by atoms with E-state index in [1.807, 2.05) is 61.0 Å². The number of fused-ring (bicyclic) bond motifs is 9. The third-order valence-corrected chi connectivity index (χ3v) is 19.2. The first kappa shape index (κ1) is 55.7. The monoisotopic (exact) mass is 1400 g/mol. The van der Waals surface area contributed by atoms with E-state index >= 15 is 0 Å². The minimum atomic E-state index is -0.518. The van der Waals surface area contributed by atoms with Crippen molar-refractivity contribution in [2.75, 3.05) is 16.6 Å². The summed E-state index contributed by atoms with van der Waals surface area (Å²) in [7, 11) is 0. The van der Waals surface area contributed by atoms with E-state index < -0.39 is 22.4 Å². The topological polar surface area (TPSA) is 132 Å². The molecule has 12 nitrogen and oxygen atoms in total. The van der Waals surface area contributed by atoms with Crippen LogP contribution in [0.5, 0.6) is 11.5 Å². The molecule has 4 atom stereocenters. The summed E-state index contributed by atoms with van der Waals surface area (Å²) in [5, 5.41) is 26.3. The Bertz CT molecular complexity index is 3170. The molecular formula is C60H66N6O6S2W2. The van der Waals surface area contributed by atoms with Gasteiger partial charge in [-0.3, -0.25) is 38.5 Å². The normalized spacial score (nSPS) is 22.3. The summed E-state index contributed by atoms with van der Waals surface area (Å²) >= 11 is 3.67. The third kappa shape index (κ3) is 9.12.